The van der Waals surface area contributed by atoms with Gasteiger partial charge in [-0.3, -0.25) is 4.79 Å². The lowest BCUT2D eigenvalue weighted by molar-refractivity contribution is -0.137. The minimum absolute atomic E-state index is 0.000490. The fraction of sp³-hybridized carbons (Fsp3) is 0.350. The van der Waals surface area contributed by atoms with Crippen molar-refractivity contribution in [2.45, 2.75) is 18.0 Å². The molecule has 0 saturated carbocycles. The molecule has 0 aliphatic carbocycles. The smallest absolute Gasteiger partial charge is 0.416 e. The average Bonchev–Trinajstić information content (AvgIpc) is 2.75. The lowest BCUT2D eigenvalue weighted by Gasteiger charge is -2.27. The topological polar surface area (TPSA) is 84.9 Å². The quantitative estimate of drug-likeness (QED) is 0.718. The van der Waals surface area contributed by atoms with Crippen LogP contribution in [0.15, 0.2) is 47.4 Å². The van der Waals surface area contributed by atoms with Crippen molar-refractivity contribution in [1.82, 2.24) is 4.31 Å². The Hall–Kier alpha value is -2.63. The highest BCUT2D eigenvalue weighted by Gasteiger charge is 2.31. The second-order valence-electron chi connectivity index (χ2n) is 6.64. The van der Waals surface area contributed by atoms with Crippen molar-refractivity contribution in [3.63, 3.8) is 0 Å². The van der Waals surface area contributed by atoms with Gasteiger partial charge >= 0.3 is 6.18 Å². The van der Waals surface area contributed by atoms with Crippen LogP contribution in [-0.2, 0) is 20.9 Å². The minimum Gasteiger partial charge on any atom is -0.492 e. The summed E-state index contributed by atoms with van der Waals surface area (Å²) in [5.41, 5.74) is -0.705. The maximum atomic E-state index is 13.1. The van der Waals surface area contributed by atoms with Crippen LogP contribution in [0.2, 0.25) is 0 Å². The standard InChI is InChI=1S/C20H21F3N2O5S/c1-2-30-17-8-7-16(13-18(17)31(27,28)25-9-11-29-12-10-25)24-19(26)14-3-5-15(6-4-14)20(21,22)23/h3-8,13H,2,9-12H2,1H3,(H,24,26). The predicted molar refractivity (Wildman–Crippen MR) is 107 cm³/mol. The molecule has 1 aliphatic rings. The van der Waals surface area contributed by atoms with E-state index >= 15 is 0 Å². The number of rotatable bonds is 6. The SMILES string of the molecule is CCOc1ccc(NC(=O)c2ccc(C(F)(F)F)cc2)cc1S(=O)(=O)N1CCOCC1. The number of carbonyl (C=O) groups is 1. The number of nitrogens with zero attached hydrogens (tertiary/aromatic N) is 1. The average molecular weight is 458 g/mol. The number of hydrogen-bond acceptors (Lipinski definition) is 5. The summed E-state index contributed by atoms with van der Waals surface area (Å²) in [6.07, 6.45) is -4.51. The molecule has 0 atom stereocenters. The van der Waals surface area contributed by atoms with E-state index in [-0.39, 0.29) is 54.8 Å². The molecule has 1 amide bonds. The summed E-state index contributed by atoms with van der Waals surface area (Å²) in [5.74, 6) is -0.533. The van der Waals surface area contributed by atoms with Crippen LogP contribution < -0.4 is 10.1 Å². The van der Waals surface area contributed by atoms with Crippen molar-refractivity contribution in [2.75, 3.05) is 38.2 Å². The van der Waals surface area contributed by atoms with Crippen LogP contribution in [-0.4, -0.2) is 51.5 Å². The van der Waals surface area contributed by atoms with Crippen LogP contribution in [0.1, 0.15) is 22.8 Å². The molecule has 0 radical (unpaired) electrons. The summed E-state index contributed by atoms with van der Waals surface area (Å²) in [6, 6.07) is 7.89. The fourth-order valence-electron chi connectivity index (χ4n) is 3.00. The van der Waals surface area contributed by atoms with E-state index in [9.17, 15) is 26.4 Å². The molecular formula is C20H21F3N2O5S. The lowest BCUT2D eigenvalue weighted by atomic mass is 10.1. The summed E-state index contributed by atoms with van der Waals surface area (Å²) in [7, 11) is -3.91. The predicted octanol–water partition coefficient (Wildman–Crippen LogP) is 3.38. The van der Waals surface area contributed by atoms with Crippen LogP contribution in [0, 0.1) is 0 Å². The molecule has 0 bridgehead atoms. The number of anilines is 1. The molecule has 7 nitrogen and oxygen atoms in total. The van der Waals surface area contributed by atoms with Gasteiger partial charge in [0.1, 0.15) is 10.6 Å². The molecule has 0 spiro atoms. The Bertz CT molecular complexity index is 1030. The summed E-state index contributed by atoms with van der Waals surface area (Å²) >= 11 is 0. The molecule has 1 N–H and O–H groups in total. The normalized spacial score (nSPS) is 15.5. The Morgan fingerprint density at radius 3 is 2.35 bits per heavy atom. The molecular weight excluding hydrogens is 437 g/mol. The van der Waals surface area contributed by atoms with Gasteiger partial charge in [-0.1, -0.05) is 0 Å². The third-order valence-corrected chi connectivity index (χ3v) is 6.48. The molecule has 168 valence electrons. The highest BCUT2D eigenvalue weighted by molar-refractivity contribution is 7.89. The van der Waals surface area contributed by atoms with E-state index in [2.05, 4.69) is 5.32 Å². The molecule has 1 fully saturated rings. The Morgan fingerprint density at radius 1 is 1.13 bits per heavy atom. The minimum atomic E-state index is -4.51. The molecule has 11 heteroatoms. The van der Waals surface area contributed by atoms with Crippen molar-refractivity contribution >= 4 is 21.6 Å². The van der Waals surface area contributed by atoms with Crippen LogP contribution in [0.25, 0.3) is 0 Å². The van der Waals surface area contributed by atoms with Gasteiger partial charge in [0.25, 0.3) is 5.91 Å². The third-order valence-electron chi connectivity index (χ3n) is 4.56. The van der Waals surface area contributed by atoms with Gasteiger partial charge in [-0.15, -0.1) is 0 Å². The maximum Gasteiger partial charge on any atom is 0.416 e. The number of morpholine rings is 1. The van der Waals surface area contributed by atoms with Crippen molar-refractivity contribution in [1.29, 1.82) is 0 Å². The highest BCUT2D eigenvalue weighted by Crippen LogP contribution is 2.31. The van der Waals surface area contributed by atoms with Gasteiger partial charge < -0.3 is 14.8 Å². The molecule has 0 aromatic heterocycles. The van der Waals surface area contributed by atoms with Gasteiger partial charge in [0.05, 0.1) is 25.4 Å². The molecule has 1 heterocycles. The third kappa shape index (κ3) is 5.35. The van der Waals surface area contributed by atoms with Gasteiger partial charge in [-0.05, 0) is 49.4 Å². The van der Waals surface area contributed by atoms with Crippen LogP contribution in [0.3, 0.4) is 0 Å². The number of ether oxygens (including phenoxy) is 2. The Kier molecular flexibility index (Phi) is 6.87. The summed E-state index contributed by atoms with van der Waals surface area (Å²) in [5, 5.41) is 2.52. The van der Waals surface area contributed by atoms with Crippen molar-refractivity contribution in [3.8, 4) is 5.75 Å². The Morgan fingerprint density at radius 2 is 1.77 bits per heavy atom. The monoisotopic (exact) mass is 458 g/mol. The van der Waals surface area contributed by atoms with Crippen LogP contribution in [0.5, 0.6) is 5.75 Å². The van der Waals surface area contributed by atoms with Gasteiger partial charge in [0, 0.05) is 24.3 Å². The summed E-state index contributed by atoms with van der Waals surface area (Å²) < 4.78 is 76.2. The van der Waals surface area contributed by atoms with E-state index < -0.39 is 27.7 Å². The molecule has 1 saturated heterocycles. The Labute approximate surface area is 177 Å². The van der Waals surface area contributed by atoms with E-state index in [1.165, 1.54) is 22.5 Å². The van der Waals surface area contributed by atoms with Crippen molar-refractivity contribution in [3.05, 3.63) is 53.6 Å². The highest BCUT2D eigenvalue weighted by atomic mass is 32.2. The summed E-state index contributed by atoms with van der Waals surface area (Å²) in [6.45, 7) is 2.88. The van der Waals surface area contributed by atoms with E-state index in [1.54, 1.807) is 6.92 Å². The van der Waals surface area contributed by atoms with Crippen molar-refractivity contribution in [2.24, 2.45) is 0 Å². The van der Waals surface area contributed by atoms with Crippen molar-refractivity contribution < 1.29 is 35.9 Å². The van der Waals surface area contributed by atoms with E-state index in [4.69, 9.17) is 9.47 Å². The maximum absolute atomic E-state index is 13.1. The summed E-state index contributed by atoms with van der Waals surface area (Å²) in [4.78, 5) is 12.3. The number of benzene rings is 2. The molecule has 2 aromatic rings. The number of sulfonamides is 1. The zero-order valence-corrected chi connectivity index (χ0v) is 17.4. The number of amides is 1. The number of halogens is 3. The molecule has 1 aliphatic heterocycles. The van der Waals surface area contributed by atoms with Gasteiger partial charge in [0.2, 0.25) is 10.0 Å². The van der Waals surface area contributed by atoms with Gasteiger partial charge in [-0.2, -0.15) is 17.5 Å². The number of alkyl halides is 3. The first-order chi connectivity index (χ1) is 14.6. The second-order valence-corrected chi connectivity index (χ2v) is 8.55. The molecule has 3 rings (SSSR count). The zero-order valence-electron chi connectivity index (χ0n) is 16.6. The number of carbonyl (C=O) groups excluding carboxylic acids is 1. The first kappa shape index (κ1) is 23.0. The molecule has 0 unspecified atom stereocenters. The largest absolute Gasteiger partial charge is 0.492 e. The lowest BCUT2D eigenvalue weighted by Crippen LogP contribution is -2.40. The number of hydrogen-bond donors (Lipinski definition) is 1. The number of nitrogens with one attached hydrogen (secondary N) is 1. The Balaban J connectivity index is 1.87. The van der Waals surface area contributed by atoms with Crippen LogP contribution in [0.4, 0.5) is 18.9 Å². The van der Waals surface area contributed by atoms with E-state index in [0.29, 0.717) is 0 Å². The van der Waals surface area contributed by atoms with E-state index in [0.717, 1.165) is 24.3 Å². The first-order valence-electron chi connectivity index (χ1n) is 9.46. The van der Waals surface area contributed by atoms with Gasteiger partial charge in [-0.25, -0.2) is 8.42 Å². The van der Waals surface area contributed by atoms with Gasteiger partial charge in [0.15, 0.2) is 0 Å². The van der Waals surface area contributed by atoms with E-state index in [1.807, 2.05) is 0 Å². The first-order valence-corrected chi connectivity index (χ1v) is 10.9. The zero-order chi connectivity index (χ0) is 22.6. The van der Waals surface area contributed by atoms with Crippen LogP contribution >= 0.6 is 0 Å². The fourth-order valence-corrected chi connectivity index (χ4v) is 4.57. The second kappa shape index (κ2) is 9.25. The molecule has 31 heavy (non-hydrogen) atoms. The molecule has 2 aromatic carbocycles.